The number of thiophene rings is 2. The van der Waals surface area contributed by atoms with E-state index in [9.17, 15) is 0 Å². The summed E-state index contributed by atoms with van der Waals surface area (Å²) in [7, 11) is 0. The Kier molecular flexibility index (Phi) is 112. The van der Waals surface area contributed by atoms with E-state index < -0.39 is 0 Å². The summed E-state index contributed by atoms with van der Waals surface area (Å²) in [5.41, 5.74) is 7.68. The van der Waals surface area contributed by atoms with Gasteiger partial charge >= 0.3 is 0 Å². The molecule has 0 saturated heterocycles. The van der Waals surface area contributed by atoms with Gasteiger partial charge in [0.25, 0.3) is 0 Å². The highest BCUT2D eigenvalue weighted by Crippen LogP contribution is 2.12. The molecular weight excluding hydrogens is 791 g/mol. The molecule has 5 heterocycles. The van der Waals surface area contributed by atoms with Crippen molar-refractivity contribution in [2.45, 2.75) is 194 Å². The topological polar surface area (TPSA) is 38.7 Å². The first kappa shape index (κ1) is 81.9. The van der Waals surface area contributed by atoms with Gasteiger partial charge in [0.05, 0.1) is 0 Å². The predicted molar refractivity (Wildman–Crippen MR) is 299 cm³/mol. The van der Waals surface area contributed by atoms with E-state index in [1.165, 1.54) is 37.6 Å². The average Bonchev–Trinajstić information content (AvgIpc) is 3.95. The number of hydrogen-bond acceptors (Lipinski definition) is 5. The third-order valence-corrected chi connectivity index (χ3v) is 7.54. The fraction of sp³-hybridized carbons (Fsp3) is 0.491. The first-order valence-corrected chi connectivity index (χ1v) is 25.6. The van der Waals surface area contributed by atoms with Crippen molar-refractivity contribution in [3.8, 4) is 0 Å². The molecule has 0 atom stereocenters. The van der Waals surface area contributed by atoms with Crippen LogP contribution in [-0.2, 0) is 0 Å². The summed E-state index contributed by atoms with van der Waals surface area (Å²) >= 11 is 3.61. The summed E-state index contributed by atoms with van der Waals surface area (Å²) in [6.07, 6.45) is 8.97. The number of hydrogen-bond donors (Lipinski definition) is 0. The lowest BCUT2D eigenvalue weighted by molar-refractivity contribution is 1.20. The number of benzene rings is 1. The third kappa shape index (κ3) is 73.6. The van der Waals surface area contributed by atoms with E-state index in [-0.39, 0.29) is 0 Å². The molecule has 6 rings (SSSR count). The van der Waals surface area contributed by atoms with Crippen LogP contribution in [0.25, 0.3) is 0 Å². The predicted octanol–water partition coefficient (Wildman–Crippen LogP) is 21.2. The molecule has 0 radical (unpaired) electrons. The van der Waals surface area contributed by atoms with E-state index in [4.69, 9.17) is 0 Å². The molecule has 5 heteroatoms. The fourth-order valence-electron chi connectivity index (χ4n) is 2.75. The minimum Gasteiger partial charge on any atom is -0.265 e. The maximum atomic E-state index is 3.98. The maximum absolute atomic E-state index is 3.98. The van der Waals surface area contributed by atoms with Crippen molar-refractivity contribution >= 4 is 22.7 Å². The molecule has 0 spiro atoms. The molecule has 360 valence electrons. The van der Waals surface area contributed by atoms with Crippen molar-refractivity contribution in [3.63, 3.8) is 0 Å². The Morgan fingerprint density at radius 1 is 0.306 bits per heavy atom. The van der Waals surface area contributed by atoms with Gasteiger partial charge in [-0.15, -0.1) is 22.7 Å². The minimum atomic E-state index is 1.07. The van der Waals surface area contributed by atoms with Crippen molar-refractivity contribution in [3.05, 3.63) is 170 Å². The van der Waals surface area contributed by atoms with E-state index in [0.29, 0.717) is 0 Å². The minimum absolute atomic E-state index is 1.07. The zero-order chi connectivity index (χ0) is 51.0. The highest BCUT2D eigenvalue weighted by Gasteiger charge is 1.87. The highest BCUT2D eigenvalue weighted by atomic mass is 32.1. The molecule has 0 saturated carbocycles. The smallest absolute Gasteiger partial charge is 0.0372 e. The zero-order valence-electron chi connectivity index (χ0n) is 46.3. The molecule has 3 nitrogen and oxygen atoms in total. The number of nitrogens with zero attached hydrogens (tertiary/aromatic N) is 3. The number of aromatic nitrogens is 3. The van der Waals surface area contributed by atoms with Gasteiger partial charge in [0, 0.05) is 46.4 Å². The molecule has 0 bridgehead atoms. The molecular formula is C57H105N3S2. The maximum Gasteiger partial charge on any atom is 0.0372 e. The van der Waals surface area contributed by atoms with Crippen LogP contribution in [0, 0.1) is 55.4 Å². The normalized spacial score (nSPS) is 7.03. The van der Waals surface area contributed by atoms with Gasteiger partial charge in [0.15, 0.2) is 0 Å². The largest absolute Gasteiger partial charge is 0.265 e. The monoisotopic (exact) mass is 896 g/mol. The zero-order valence-corrected chi connectivity index (χ0v) is 47.9. The number of rotatable bonds is 0. The fourth-order valence-corrected chi connectivity index (χ4v) is 4.21. The lowest BCUT2D eigenvalue weighted by Gasteiger charge is -1.82. The molecule has 62 heavy (non-hydrogen) atoms. The van der Waals surface area contributed by atoms with Gasteiger partial charge in [0.1, 0.15) is 0 Å². The Hall–Kier alpha value is -3.93. The average molecular weight is 897 g/mol. The summed E-state index contributed by atoms with van der Waals surface area (Å²) in [6, 6.07) is 28.3. The Morgan fingerprint density at radius 3 is 0.806 bits per heavy atom. The second-order valence-electron chi connectivity index (χ2n) is 9.50. The lowest BCUT2D eigenvalue weighted by Crippen LogP contribution is -1.72. The molecule has 6 aromatic rings. The molecule has 0 aliphatic carbocycles. The van der Waals surface area contributed by atoms with Crippen LogP contribution in [0.4, 0.5) is 0 Å². The molecule has 5 aromatic heterocycles. The Morgan fingerprint density at radius 2 is 0.661 bits per heavy atom. The summed E-state index contributed by atoms with van der Waals surface area (Å²) in [5.74, 6) is 0. The van der Waals surface area contributed by atoms with E-state index in [1.807, 2.05) is 226 Å². The van der Waals surface area contributed by atoms with E-state index >= 15 is 0 Å². The van der Waals surface area contributed by atoms with Crippen LogP contribution >= 0.6 is 22.7 Å². The molecule has 0 amide bonds. The molecule has 0 aliphatic rings. The van der Waals surface area contributed by atoms with E-state index in [0.717, 1.165) is 5.69 Å². The van der Waals surface area contributed by atoms with Crippen LogP contribution in [0.5, 0.6) is 0 Å². The molecule has 1 aromatic carbocycles. The quantitative estimate of drug-likeness (QED) is 0.152. The van der Waals surface area contributed by atoms with Gasteiger partial charge in [-0.3, -0.25) is 15.0 Å². The first-order chi connectivity index (χ1) is 30.2. The van der Waals surface area contributed by atoms with Crippen LogP contribution in [0.1, 0.15) is 182 Å². The van der Waals surface area contributed by atoms with Crippen LogP contribution in [-0.4, -0.2) is 15.0 Å². The second kappa shape index (κ2) is 84.5. The van der Waals surface area contributed by atoms with E-state index in [1.54, 1.807) is 47.5 Å². The molecule has 0 fully saturated rings. The SMILES string of the molecule is CC.CC.CC.CC.CC.CC.CC.CC.CC.CC.Cc1ccccc1.Cc1ccccn1.Cc1cccnc1.Cc1ccncc1.Cc1ccsc1C.Cc1ccsc1C. The molecule has 0 aliphatic heterocycles. The van der Waals surface area contributed by atoms with Gasteiger partial charge in [-0.25, -0.2) is 0 Å². The highest BCUT2D eigenvalue weighted by molar-refractivity contribution is 7.10. The lowest BCUT2D eigenvalue weighted by atomic mass is 10.2. The molecule has 0 N–H and O–H groups in total. The summed E-state index contributed by atoms with van der Waals surface area (Å²) in [6.45, 7) is 56.7. The van der Waals surface area contributed by atoms with Crippen molar-refractivity contribution in [2.24, 2.45) is 0 Å². The Balaban J connectivity index is -0.0000000605. The van der Waals surface area contributed by atoms with Crippen LogP contribution in [0.2, 0.25) is 0 Å². The van der Waals surface area contributed by atoms with Gasteiger partial charge in [0.2, 0.25) is 0 Å². The molecule has 0 unspecified atom stereocenters. The second-order valence-corrected chi connectivity index (χ2v) is 11.7. The van der Waals surface area contributed by atoms with Gasteiger partial charge < -0.3 is 0 Å². The van der Waals surface area contributed by atoms with Gasteiger partial charge in [-0.2, -0.15) is 0 Å². The Bertz CT molecular complexity index is 1210. The van der Waals surface area contributed by atoms with Crippen LogP contribution in [0.15, 0.2) is 127 Å². The standard InChI is InChI=1S/C7H8.3C6H7N.2C6H8S.10C2H6/c1-7-5-3-2-4-6-7;1-6-2-4-7-5-3-6;1-6-3-2-4-7-5-6;1-6-4-2-3-5-7-6;2*1-5-3-4-7-6(5)2;10*1-2/h2-6H,1H3;3*2-5H,1H3;2*3-4H,1-2H3;10*1-2H3. The van der Waals surface area contributed by atoms with Crippen molar-refractivity contribution in [1.29, 1.82) is 0 Å². The van der Waals surface area contributed by atoms with Crippen molar-refractivity contribution in [2.75, 3.05) is 0 Å². The Labute approximate surface area is 399 Å². The van der Waals surface area contributed by atoms with Crippen LogP contribution in [0.3, 0.4) is 0 Å². The first-order valence-electron chi connectivity index (χ1n) is 23.8. The number of pyridine rings is 3. The summed E-state index contributed by atoms with van der Waals surface area (Å²) in [5, 5.41) is 4.23. The van der Waals surface area contributed by atoms with Crippen molar-refractivity contribution < 1.29 is 0 Å². The third-order valence-electron chi connectivity index (χ3n) is 5.65. The van der Waals surface area contributed by atoms with E-state index in [2.05, 4.69) is 84.6 Å². The summed E-state index contributed by atoms with van der Waals surface area (Å²) < 4.78 is 0. The summed E-state index contributed by atoms with van der Waals surface area (Å²) in [4.78, 5) is 14.6. The number of aryl methyl sites for hydroxylation is 8. The van der Waals surface area contributed by atoms with Gasteiger partial charge in [-0.1, -0.05) is 187 Å². The van der Waals surface area contributed by atoms with Crippen LogP contribution < -0.4 is 0 Å². The van der Waals surface area contributed by atoms with Crippen molar-refractivity contribution in [1.82, 2.24) is 15.0 Å². The van der Waals surface area contributed by atoms with Gasteiger partial charge in [-0.05, 0) is 131 Å².